The lowest BCUT2D eigenvalue weighted by atomic mass is 9.33. The maximum absolute atomic E-state index is 11.5. The van der Waals surface area contributed by atoms with Gasteiger partial charge in [0, 0.05) is 24.0 Å². The second kappa shape index (κ2) is 6.28. The fourth-order valence-corrected chi connectivity index (χ4v) is 5.57. The maximum atomic E-state index is 11.5. The molecule has 0 radical (unpaired) electrons. The molecular weight excluding hydrogens is 354 g/mol. The molecule has 1 amide bonds. The van der Waals surface area contributed by atoms with Gasteiger partial charge in [0.1, 0.15) is 0 Å². The van der Waals surface area contributed by atoms with Crippen LogP contribution in [0.15, 0.2) is 16.8 Å². The number of hydrogen-bond acceptors (Lipinski definition) is 6. The number of nitrogens with zero attached hydrogens (tertiary/aromatic N) is 1. The quantitative estimate of drug-likeness (QED) is 0.456. The second-order valence-corrected chi connectivity index (χ2v) is 10.7. The molecule has 0 aromatic carbocycles. The minimum absolute atomic E-state index is 0.0727. The van der Waals surface area contributed by atoms with E-state index < -0.39 is 11.8 Å². The Hall–Kier alpha value is -1.44. The first-order valence-corrected chi connectivity index (χ1v) is 10.6. The molecule has 0 aromatic heterocycles. The number of carbonyl (C=O) groups is 1. The van der Waals surface area contributed by atoms with Gasteiger partial charge in [-0.05, 0) is 55.3 Å². The molecule has 4 saturated carbocycles. The summed E-state index contributed by atoms with van der Waals surface area (Å²) in [4.78, 5) is 16.2. The van der Waals surface area contributed by atoms with E-state index in [2.05, 4.69) is 48.6 Å². The molecule has 156 valence electrons. The Morgan fingerprint density at radius 3 is 2.50 bits per heavy atom. The van der Waals surface area contributed by atoms with Crippen molar-refractivity contribution in [1.29, 1.82) is 0 Å². The first-order chi connectivity index (χ1) is 13.0. The van der Waals surface area contributed by atoms with Gasteiger partial charge in [-0.1, -0.05) is 27.7 Å². The summed E-state index contributed by atoms with van der Waals surface area (Å²) >= 11 is 0. The molecule has 1 aliphatic heterocycles. The lowest BCUT2D eigenvalue weighted by Gasteiger charge is -2.76. The van der Waals surface area contributed by atoms with Crippen molar-refractivity contribution >= 4 is 12.1 Å². The van der Waals surface area contributed by atoms with Gasteiger partial charge in [0.2, 0.25) is 5.91 Å². The number of rotatable bonds is 5. The van der Waals surface area contributed by atoms with Crippen molar-refractivity contribution in [2.75, 3.05) is 0 Å². The zero-order valence-electron chi connectivity index (χ0n) is 17.5. The highest BCUT2D eigenvalue weighted by Gasteiger charge is 2.72. The molecule has 2 bridgehead atoms. The van der Waals surface area contributed by atoms with Crippen LogP contribution in [0.2, 0.25) is 0 Å². The smallest absolute Gasteiger partial charge is 0.251 e. The maximum Gasteiger partial charge on any atom is 0.251 e. The number of hydrogen-bond donors (Lipinski definition) is 5. The van der Waals surface area contributed by atoms with Crippen molar-refractivity contribution in [2.24, 2.45) is 27.5 Å². The van der Waals surface area contributed by atoms with Crippen LogP contribution in [0.4, 0.5) is 0 Å². The van der Waals surface area contributed by atoms with Crippen LogP contribution >= 0.6 is 0 Å². The van der Waals surface area contributed by atoms with Gasteiger partial charge >= 0.3 is 0 Å². The molecule has 5 aliphatic rings. The van der Waals surface area contributed by atoms with E-state index in [0.717, 1.165) is 32.1 Å². The van der Waals surface area contributed by atoms with Gasteiger partial charge < -0.3 is 16.2 Å². The van der Waals surface area contributed by atoms with Crippen LogP contribution < -0.4 is 21.7 Å². The predicted molar refractivity (Wildman–Crippen MR) is 109 cm³/mol. The van der Waals surface area contributed by atoms with Crippen LogP contribution in [-0.4, -0.2) is 40.8 Å². The van der Waals surface area contributed by atoms with Crippen molar-refractivity contribution in [2.45, 2.75) is 89.8 Å². The zero-order chi connectivity index (χ0) is 20.4. The monoisotopic (exact) mass is 389 g/mol. The lowest BCUT2D eigenvalue weighted by Crippen LogP contribution is -2.84. The minimum atomic E-state index is -0.867. The number of aliphatic hydroxyl groups excluding tert-OH is 1. The molecule has 4 aliphatic carbocycles. The van der Waals surface area contributed by atoms with E-state index in [1.54, 1.807) is 12.4 Å². The average molecular weight is 390 g/mol. The first kappa shape index (κ1) is 19.9. The summed E-state index contributed by atoms with van der Waals surface area (Å²) in [5.41, 5.74) is 6.56. The van der Waals surface area contributed by atoms with Crippen LogP contribution in [0.25, 0.3) is 0 Å². The molecule has 7 heteroatoms. The number of amides is 1. The zero-order valence-corrected chi connectivity index (χ0v) is 17.5. The molecular formula is C21H35N5O2. The number of aliphatic imine (C=N–C) groups is 1. The molecule has 5 rings (SSSR count). The van der Waals surface area contributed by atoms with Crippen molar-refractivity contribution in [3.8, 4) is 0 Å². The molecule has 6 N–H and O–H groups in total. The standard InChI is InChI=1S/C21H35N5O2/c1-13-5-6-15(7-16(13)27)25-21(23-8-14(9-24-21)17(22)28)26-20-10-19(11-20,12-20)18(2,3)4/h8-9,13,15-16,23,25-27H,5-7,10-12H2,1-4H3,(H2,22,28)/t13-,15-,16-,19?,20?,21?/m1/s1. The van der Waals surface area contributed by atoms with Crippen molar-refractivity contribution in [3.05, 3.63) is 11.8 Å². The van der Waals surface area contributed by atoms with Crippen LogP contribution in [0.5, 0.6) is 0 Å². The summed E-state index contributed by atoms with van der Waals surface area (Å²) in [6.07, 6.45) is 8.99. The van der Waals surface area contributed by atoms with E-state index in [0.29, 0.717) is 28.7 Å². The Bertz CT molecular complexity index is 705. The van der Waals surface area contributed by atoms with Crippen LogP contribution in [0.3, 0.4) is 0 Å². The number of aliphatic hydroxyl groups is 1. The van der Waals surface area contributed by atoms with Gasteiger partial charge in [-0.15, -0.1) is 0 Å². The van der Waals surface area contributed by atoms with E-state index in [-0.39, 0.29) is 17.7 Å². The molecule has 1 heterocycles. The van der Waals surface area contributed by atoms with Gasteiger partial charge in [0.15, 0.2) is 0 Å². The molecule has 1 unspecified atom stereocenters. The van der Waals surface area contributed by atoms with Crippen LogP contribution in [-0.2, 0) is 4.79 Å². The summed E-state index contributed by atoms with van der Waals surface area (Å²) < 4.78 is 0. The van der Waals surface area contributed by atoms with E-state index in [1.807, 2.05) is 0 Å². The molecule has 4 fully saturated rings. The van der Waals surface area contributed by atoms with E-state index >= 15 is 0 Å². The van der Waals surface area contributed by atoms with Gasteiger partial charge in [0.05, 0.1) is 11.7 Å². The predicted octanol–water partition coefficient (Wildman–Crippen LogP) is 1.34. The molecule has 0 aromatic rings. The fraction of sp³-hybridized carbons (Fsp3) is 0.810. The summed E-state index contributed by atoms with van der Waals surface area (Å²) in [6.45, 7) is 9.08. The number of primary amides is 1. The summed E-state index contributed by atoms with van der Waals surface area (Å²) in [7, 11) is 0. The number of carbonyl (C=O) groups excluding carboxylic acids is 1. The molecule has 28 heavy (non-hydrogen) atoms. The topological polar surface area (TPSA) is 112 Å². The largest absolute Gasteiger partial charge is 0.393 e. The van der Waals surface area contributed by atoms with Gasteiger partial charge in [0.25, 0.3) is 5.91 Å². The molecule has 0 saturated heterocycles. The average Bonchev–Trinajstić information content (AvgIpc) is 2.52. The second-order valence-electron chi connectivity index (χ2n) is 10.7. The summed E-state index contributed by atoms with van der Waals surface area (Å²) in [6, 6.07) is 0.149. The SMILES string of the molecule is C[C@@H]1CC[C@@H](NC2(NC34CC(C(C)(C)C)(C3)C4)N=CC(C(N)=O)=CN2)C[C@H]1O. The Labute approximate surface area is 167 Å². The number of nitrogens with one attached hydrogen (secondary N) is 3. The van der Waals surface area contributed by atoms with Gasteiger partial charge in [-0.25, -0.2) is 4.99 Å². The highest BCUT2D eigenvalue weighted by Crippen LogP contribution is 2.74. The Kier molecular flexibility index (Phi) is 4.45. The van der Waals surface area contributed by atoms with Crippen molar-refractivity contribution in [1.82, 2.24) is 16.0 Å². The third-order valence-electron chi connectivity index (χ3n) is 7.75. The fourth-order valence-electron chi connectivity index (χ4n) is 5.57. The van der Waals surface area contributed by atoms with Crippen LogP contribution in [0.1, 0.15) is 66.2 Å². The van der Waals surface area contributed by atoms with Gasteiger partial charge in [-0.3, -0.25) is 15.4 Å². The Morgan fingerprint density at radius 1 is 1.32 bits per heavy atom. The van der Waals surface area contributed by atoms with Crippen LogP contribution in [0, 0.1) is 16.7 Å². The first-order valence-electron chi connectivity index (χ1n) is 10.6. The van der Waals surface area contributed by atoms with Crippen molar-refractivity contribution in [3.63, 3.8) is 0 Å². The Balaban J connectivity index is 1.48. The molecule has 7 nitrogen and oxygen atoms in total. The van der Waals surface area contributed by atoms with E-state index in [9.17, 15) is 9.90 Å². The molecule has 4 atom stereocenters. The minimum Gasteiger partial charge on any atom is -0.393 e. The van der Waals surface area contributed by atoms with Crippen molar-refractivity contribution < 1.29 is 9.90 Å². The third kappa shape index (κ3) is 3.17. The van der Waals surface area contributed by atoms with E-state index in [4.69, 9.17) is 5.73 Å². The summed E-state index contributed by atoms with van der Waals surface area (Å²) in [5.74, 6) is -1.03. The highest BCUT2D eigenvalue weighted by molar-refractivity contribution is 6.11. The van der Waals surface area contributed by atoms with Gasteiger partial charge in [-0.2, -0.15) is 0 Å². The van der Waals surface area contributed by atoms with E-state index in [1.165, 1.54) is 0 Å². The number of nitrogens with two attached hydrogens (primary N) is 1. The summed E-state index contributed by atoms with van der Waals surface area (Å²) in [5, 5.41) is 20.9. The molecule has 0 spiro atoms. The normalized spacial score (nSPS) is 44.8. The Morgan fingerprint density at radius 2 is 2.00 bits per heavy atom. The third-order valence-corrected chi connectivity index (χ3v) is 7.75. The lowest BCUT2D eigenvalue weighted by molar-refractivity contribution is -0.229. The highest BCUT2D eigenvalue weighted by atomic mass is 16.3.